The summed E-state index contributed by atoms with van der Waals surface area (Å²) in [6.07, 6.45) is 0. The highest BCUT2D eigenvalue weighted by Gasteiger charge is 2.42. The van der Waals surface area contributed by atoms with Gasteiger partial charge in [0, 0.05) is 5.56 Å². The van der Waals surface area contributed by atoms with Crippen LogP contribution in [0.25, 0.3) is 0 Å². The van der Waals surface area contributed by atoms with E-state index in [0.29, 0.717) is 0 Å². The van der Waals surface area contributed by atoms with E-state index in [-0.39, 0.29) is 5.56 Å². The summed E-state index contributed by atoms with van der Waals surface area (Å²) >= 11 is 0. The Labute approximate surface area is 76.2 Å². The van der Waals surface area contributed by atoms with Crippen LogP contribution < -0.4 is 5.73 Å². The molecule has 1 rings (SSSR count). The van der Waals surface area contributed by atoms with Crippen molar-refractivity contribution >= 4 is 0 Å². The molecule has 4 nitrogen and oxygen atoms in total. The lowest BCUT2D eigenvalue weighted by Gasteiger charge is -2.33. The highest BCUT2D eigenvalue weighted by atomic mass is 16.5. The molecular formula is C9H13NO3. The first-order valence-electron chi connectivity index (χ1n) is 3.87. The Bertz CT molecular complexity index is 277. The van der Waals surface area contributed by atoms with E-state index in [1.54, 1.807) is 18.2 Å². The van der Waals surface area contributed by atoms with Crippen molar-refractivity contribution in [2.75, 3.05) is 0 Å². The third-order valence-electron chi connectivity index (χ3n) is 1.88. The monoisotopic (exact) mass is 183 g/mol. The molecule has 0 aliphatic rings. The molecule has 0 saturated heterocycles. The molecule has 13 heavy (non-hydrogen) atoms. The minimum atomic E-state index is -2.44. The van der Waals surface area contributed by atoms with Crippen LogP contribution in [0.2, 0.25) is 0 Å². The molecule has 0 aliphatic carbocycles. The van der Waals surface area contributed by atoms with E-state index >= 15 is 0 Å². The number of hydrogen-bond acceptors (Lipinski definition) is 4. The van der Waals surface area contributed by atoms with Crippen molar-refractivity contribution in [1.29, 1.82) is 0 Å². The zero-order valence-corrected chi connectivity index (χ0v) is 7.31. The fourth-order valence-corrected chi connectivity index (χ4v) is 0.963. The molecule has 5 N–H and O–H groups in total. The predicted molar refractivity (Wildman–Crippen MR) is 47.4 cm³/mol. The first-order chi connectivity index (χ1) is 5.86. The molecule has 0 amide bonds. The van der Waals surface area contributed by atoms with Gasteiger partial charge in [0.2, 0.25) is 5.79 Å². The van der Waals surface area contributed by atoms with Crippen LogP contribution in [0.3, 0.4) is 0 Å². The second kappa shape index (κ2) is 3.08. The van der Waals surface area contributed by atoms with Crippen LogP contribution in [-0.4, -0.2) is 21.0 Å². The Morgan fingerprint density at radius 2 is 1.54 bits per heavy atom. The lowest BCUT2D eigenvalue weighted by molar-refractivity contribution is -0.276. The van der Waals surface area contributed by atoms with E-state index in [1.165, 1.54) is 12.1 Å². The van der Waals surface area contributed by atoms with Gasteiger partial charge in [0.15, 0.2) is 5.72 Å². The van der Waals surface area contributed by atoms with Crippen molar-refractivity contribution < 1.29 is 15.3 Å². The summed E-state index contributed by atoms with van der Waals surface area (Å²) in [5.74, 6) is -2.44. The Morgan fingerprint density at radius 1 is 1.08 bits per heavy atom. The van der Waals surface area contributed by atoms with Crippen LogP contribution >= 0.6 is 0 Å². The average Bonchev–Trinajstić information content (AvgIpc) is 2.04. The largest absolute Gasteiger partial charge is 0.371 e. The number of rotatable bonds is 2. The SMILES string of the molecule is C[C@@](N)(O)C(O)(O)c1ccccc1. The van der Waals surface area contributed by atoms with E-state index in [0.717, 1.165) is 6.92 Å². The molecule has 1 aromatic carbocycles. The third kappa shape index (κ3) is 1.87. The third-order valence-corrected chi connectivity index (χ3v) is 1.88. The minimum absolute atomic E-state index is 0.155. The first kappa shape index (κ1) is 10.1. The summed E-state index contributed by atoms with van der Waals surface area (Å²) in [5.41, 5.74) is 3.27. The predicted octanol–water partition coefficient (Wildman–Crippen LogP) is -0.509. The zero-order chi connectivity index (χ0) is 10.1. The molecule has 0 spiro atoms. The van der Waals surface area contributed by atoms with Gasteiger partial charge in [-0.15, -0.1) is 0 Å². The zero-order valence-electron chi connectivity index (χ0n) is 7.31. The maximum Gasteiger partial charge on any atom is 0.233 e. The number of nitrogens with two attached hydrogens (primary N) is 1. The molecule has 0 unspecified atom stereocenters. The second-order valence-electron chi connectivity index (χ2n) is 3.19. The molecule has 0 aliphatic heterocycles. The van der Waals surface area contributed by atoms with Gasteiger partial charge in [-0.05, 0) is 6.92 Å². The van der Waals surface area contributed by atoms with Gasteiger partial charge in [0.1, 0.15) is 0 Å². The van der Waals surface area contributed by atoms with Crippen molar-refractivity contribution in [2.45, 2.75) is 18.4 Å². The number of benzene rings is 1. The lowest BCUT2D eigenvalue weighted by Crippen LogP contribution is -2.56. The van der Waals surface area contributed by atoms with Crippen molar-refractivity contribution in [3.8, 4) is 0 Å². The van der Waals surface area contributed by atoms with Gasteiger partial charge < -0.3 is 15.3 Å². The Balaban J connectivity index is 3.08. The van der Waals surface area contributed by atoms with Crippen LogP contribution in [0.5, 0.6) is 0 Å². The van der Waals surface area contributed by atoms with E-state index < -0.39 is 11.5 Å². The van der Waals surface area contributed by atoms with Gasteiger partial charge in [0.25, 0.3) is 0 Å². The van der Waals surface area contributed by atoms with Crippen LogP contribution in [0.1, 0.15) is 12.5 Å². The quantitative estimate of drug-likeness (QED) is 0.465. The van der Waals surface area contributed by atoms with E-state index in [4.69, 9.17) is 5.73 Å². The van der Waals surface area contributed by atoms with Crippen molar-refractivity contribution in [3.63, 3.8) is 0 Å². The summed E-state index contributed by atoms with van der Waals surface area (Å²) in [6.45, 7) is 1.12. The molecule has 0 aromatic heterocycles. The van der Waals surface area contributed by atoms with Gasteiger partial charge in [-0.3, -0.25) is 5.73 Å². The molecule has 72 valence electrons. The molecule has 1 aromatic rings. The molecule has 1 atom stereocenters. The number of aliphatic hydroxyl groups is 3. The van der Waals surface area contributed by atoms with E-state index in [9.17, 15) is 15.3 Å². The Morgan fingerprint density at radius 3 is 1.92 bits per heavy atom. The number of hydrogen-bond donors (Lipinski definition) is 4. The fraction of sp³-hybridized carbons (Fsp3) is 0.333. The van der Waals surface area contributed by atoms with Crippen LogP contribution in [0.15, 0.2) is 30.3 Å². The highest BCUT2D eigenvalue weighted by molar-refractivity contribution is 5.22. The van der Waals surface area contributed by atoms with E-state index in [1.807, 2.05) is 0 Å². The molecular weight excluding hydrogens is 170 g/mol. The Kier molecular flexibility index (Phi) is 2.40. The maximum absolute atomic E-state index is 9.50. The summed E-state index contributed by atoms with van der Waals surface area (Å²) in [6, 6.07) is 7.93. The Hall–Kier alpha value is -0.940. The fourth-order valence-electron chi connectivity index (χ4n) is 0.963. The first-order valence-corrected chi connectivity index (χ1v) is 3.87. The van der Waals surface area contributed by atoms with Gasteiger partial charge in [0.05, 0.1) is 0 Å². The van der Waals surface area contributed by atoms with Gasteiger partial charge >= 0.3 is 0 Å². The molecule has 0 fully saturated rings. The standard InChI is InChI=1S/C9H13NO3/c1-8(10,11)9(12,13)7-5-3-2-4-6-7/h2-6,11-13H,10H2,1H3/t8-/m1/s1. The lowest BCUT2D eigenvalue weighted by atomic mass is 9.97. The maximum atomic E-state index is 9.50. The molecule has 0 bridgehead atoms. The summed E-state index contributed by atoms with van der Waals surface area (Å²) < 4.78 is 0. The van der Waals surface area contributed by atoms with Crippen LogP contribution in [-0.2, 0) is 5.79 Å². The molecule has 0 heterocycles. The molecule has 0 radical (unpaired) electrons. The van der Waals surface area contributed by atoms with Gasteiger partial charge in [-0.1, -0.05) is 30.3 Å². The van der Waals surface area contributed by atoms with Gasteiger partial charge in [-0.2, -0.15) is 0 Å². The average molecular weight is 183 g/mol. The molecule has 4 heteroatoms. The normalized spacial score (nSPS) is 16.7. The van der Waals surface area contributed by atoms with Crippen LogP contribution in [0.4, 0.5) is 0 Å². The van der Waals surface area contributed by atoms with Gasteiger partial charge in [-0.25, -0.2) is 0 Å². The smallest absolute Gasteiger partial charge is 0.233 e. The van der Waals surface area contributed by atoms with Crippen LogP contribution in [0, 0.1) is 0 Å². The summed E-state index contributed by atoms with van der Waals surface area (Å²) in [5, 5.41) is 28.3. The highest BCUT2D eigenvalue weighted by Crippen LogP contribution is 2.25. The second-order valence-corrected chi connectivity index (χ2v) is 3.19. The molecule has 0 saturated carbocycles. The van der Waals surface area contributed by atoms with Crippen molar-refractivity contribution in [2.24, 2.45) is 5.73 Å². The van der Waals surface area contributed by atoms with Crippen molar-refractivity contribution in [1.82, 2.24) is 0 Å². The topological polar surface area (TPSA) is 86.7 Å². The summed E-state index contributed by atoms with van der Waals surface area (Å²) in [4.78, 5) is 0. The minimum Gasteiger partial charge on any atom is -0.371 e. The van der Waals surface area contributed by atoms with E-state index in [2.05, 4.69) is 0 Å². The van der Waals surface area contributed by atoms with Crippen molar-refractivity contribution in [3.05, 3.63) is 35.9 Å². The summed E-state index contributed by atoms with van der Waals surface area (Å²) in [7, 11) is 0.